The van der Waals surface area contributed by atoms with Crippen LogP contribution in [0.4, 0.5) is 10.1 Å². The van der Waals surface area contributed by atoms with Gasteiger partial charge in [-0.15, -0.1) is 0 Å². The Hall–Kier alpha value is -4.02. The molecule has 2 amide bonds. The monoisotopic (exact) mass is 430 g/mol. The van der Waals surface area contributed by atoms with Gasteiger partial charge in [0.2, 0.25) is 0 Å². The molecule has 3 N–H and O–H groups in total. The van der Waals surface area contributed by atoms with Crippen molar-refractivity contribution in [3.8, 4) is 6.07 Å². The van der Waals surface area contributed by atoms with Crippen LogP contribution >= 0.6 is 0 Å². The number of halogens is 1. The van der Waals surface area contributed by atoms with E-state index in [-0.39, 0.29) is 11.8 Å². The summed E-state index contributed by atoms with van der Waals surface area (Å²) < 4.78 is 13.1. The molecule has 0 aromatic heterocycles. The average molecular weight is 430 g/mol. The number of benzene rings is 3. The van der Waals surface area contributed by atoms with Gasteiger partial charge in [0, 0.05) is 29.9 Å². The molecular formula is C25H23FN4O2. The molecule has 0 radical (unpaired) electrons. The Labute approximate surface area is 186 Å². The van der Waals surface area contributed by atoms with Gasteiger partial charge < -0.3 is 16.0 Å². The summed E-state index contributed by atoms with van der Waals surface area (Å²) in [5, 5.41) is 11.7. The van der Waals surface area contributed by atoms with Crippen molar-refractivity contribution >= 4 is 17.5 Å². The molecule has 0 spiro atoms. The molecule has 0 saturated carbocycles. The normalized spacial score (nSPS) is 10.3. The third-order valence-electron chi connectivity index (χ3n) is 4.85. The number of carbonyl (C=O) groups is 2. The minimum absolute atomic E-state index is 0.163. The Kier molecular flexibility index (Phi) is 7.68. The summed E-state index contributed by atoms with van der Waals surface area (Å²) in [6.07, 6.45) is 0.642. The molecule has 0 heterocycles. The van der Waals surface area contributed by atoms with Crippen LogP contribution in [0.5, 0.6) is 0 Å². The molecule has 0 saturated heterocycles. The first-order chi connectivity index (χ1) is 15.5. The highest BCUT2D eigenvalue weighted by Gasteiger charge is 2.16. The van der Waals surface area contributed by atoms with Crippen LogP contribution in [0.2, 0.25) is 0 Å². The molecule has 0 aliphatic heterocycles. The van der Waals surface area contributed by atoms with Gasteiger partial charge in [-0.3, -0.25) is 9.59 Å². The zero-order chi connectivity index (χ0) is 22.9. The molecular weight excluding hydrogens is 407 g/mol. The second kappa shape index (κ2) is 10.8. The highest BCUT2D eigenvalue weighted by atomic mass is 19.1. The van der Waals surface area contributed by atoms with Gasteiger partial charge in [-0.25, -0.2) is 4.39 Å². The van der Waals surface area contributed by atoms with Crippen LogP contribution in [-0.4, -0.2) is 29.8 Å². The molecule has 0 unspecified atom stereocenters. The lowest BCUT2D eigenvalue weighted by molar-refractivity contribution is 0.0742. The van der Waals surface area contributed by atoms with Crippen LogP contribution in [0.15, 0.2) is 72.8 Å². The van der Waals surface area contributed by atoms with Gasteiger partial charge >= 0.3 is 0 Å². The summed E-state index contributed by atoms with van der Waals surface area (Å²) in [6, 6.07) is 21.0. The van der Waals surface area contributed by atoms with E-state index in [9.17, 15) is 14.0 Å². The third kappa shape index (κ3) is 6.00. The fourth-order valence-electron chi connectivity index (χ4n) is 3.18. The molecule has 162 valence electrons. The fraction of sp³-hybridized carbons (Fsp3) is 0.160. The molecule has 3 rings (SSSR count). The Balaban J connectivity index is 1.74. The summed E-state index contributed by atoms with van der Waals surface area (Å²) in [4.78, 5) is 27.1. The summed E-state index contributed by atoms with van der Waals surface area (Å²) in [5.74, 6) is -0.924. The highest BCUT2D eigenvalue weighted by molar-refractivity contribution is 6.04. The van der Waals surface area contributed by atoms with Crippen molar-refractivity contribution in [3.63, 3.8) is 0 Å². The second-order valence-electron chi connectivity index (χ2n) is 7.22. The topological polar surface area (TPSA) is 99.2 Å². The van der Waals surface area contributed by atoms with Crippen molar-refractivity contribution in [2.24, 2.45) is 5.73 Å². The lowest BCUT2D eigenvalue weighted by atomic mass is 10.1. The molecule has 0 bridgehead atoms. The van der Waals surface area contributed by atoms with Gasteiger partial charge in [0.05, 0.1) is 11.6 Å². The summed E-state index contributed by atoms with van der Waals surface area (Å²) in [5.41, 5.74) is 8.37. The van der Waals surface area contributed by atoms with Crippen molar-refractivity contribution in [3.05, 3.63) is 101 Å². The number of nitrogens with two attached hydrogens (primary N) is 1. The number of nitrogens with zero attached hydrogens (tertiary/aromatic N) is 2. The molecule has 3 aromatic carbocycles. The second-order valence-corrected chi connectivity index (χ2v) is 7.22. The third-order valence-corrected chi connectivity index (χ3v) is 4.85. The SMILES string of the molecule is N#Cc1ccc(C(=O)N(CCCN)Cc2cccc(NC(=O)c3ccc(F)cc3)c2)cc1. The standard InChI is InChI=1S/C25H23FN4O2/c26-22-11-9-20(10-12-22)24(31)29-23-4-1-3-19(15-23)17-30(14-2-13-27)25(32)21-7-5-18(16-28)6-8-21/h1,3-12,15H,2,13-14,17,27H2,(H,29,31). The number of nitriles is 1. The van der Waals surface area contributed by atoms with Crippen molar-refractivity contribution in [2.45, 2.75) is 13.0 Å². The number of amides is 2. The van der Waals surface area contributed by atoms with Crippen LogP contribution in [0.3, 0.4) is 0 Å². The zero-order valence-electron chi connectivity index (χ0n) is 17.4. The maximum Gasteiger partial charge on any atom is 0.255 e. The van der Waals surface area contributed by atoms with E-state index in [1.807, 2.05) is 12.1 Å². The van der Waals surface area contributed by atoms with Gasteiger partial charge in [-0.1, -0.05) is 12.1 Å². The summed E-state index contributed by atoms with van der Waals surface area (Å²) >= 11 is 0. The van der Waals surface area contributed by atoms with Gasteiger partial charge in [0.1, 0.15) is 5.82 Å². The van der Waals surface area contributed by atoms with Crippen LogP contribution in [0.1, 0.15) is 38.3 Å². The predicted molar refractivity (Wildman–Crippen MR) is 120 cm³/mol. The van der Waals surface area contributed by atoms with Crippen molar-refractivity contribution in [2.75, 3.05) is 18.4 Å². The predicted octanol–water partition coefficient (Wildman–Crippen LogP) is 3.94. The Morgan fingerprint density at radius 3 is 2.34 bits per heavy atom. The average Bonchev–Trinajstić information content (AvgIpc) is 2.82. The zero-order valence-corrected chi connectivity index (χ0v) is 17.4. The van der Waals surface area contributed by atoms with Gasteiger partial charge in [0.25, 0.3) is 11.8 Å². The molecule has 7 heteroatoms. The molecule has 0 aliphatic carbocycles. The first-order valence-corrected chi connectivity index (χ1v) is 10.2. The molecule has 0 atom stereocenters. The van der Waals surface area contributed by atoms with Crippen LogP contribution in [0.25, 0.3) is 0 Å². The lowest BCUT2D eigenvalue weighted by Crippen LogP contribution is -2.32. The Morgan fingerprint density at radius 1 is 1.00 bits per heavy atom. The first kappa shape index (κ1) is 22.7. The summed E-state index contributed by atoms with van der Waals surface area (Å²) in [6.45, 7) is 1.26. The molecule has 0 fully saturated rings. The minimum atomic E-state index is -0.409. The van der Waals surface area contributed by atoms with E-state index in [1.165, 1.54) is 24.3 Å². The van der Waals surface area contributed by atoms with E-state index >= 15 is 0 Å². The first-order valence-electron chi connectivity index (χ1n) is 10.2. The largest absolute Gasteiger partial charge is 0.334 e. The quantitative estimate of drug-likeness (QED) is 0.565. The highest BCUT2D eigenvalue weighted by Crippen LogP contribution is 2.17. The fourth-order valence-corrected chi connectivity index (χ4v) is 3.18. The maximum atomic E-state index is 13.1. The maximum absolute atomic E-state index is 13.1. The van der Waals surface area contributed by atoms with E-state index in [4.69, 9.17) is 11.0 Å². The molecule has 6 nitrogen and oxygen atoms in total. The van der Waals surface area contributed by atoms with Crippen molar-refractivity contribution < 1.29 is 14.0 Å². The van der Waals surface area contributed by atoms with E-state index in [2.05, 4.69) is 5.32 Å². The van der Waals surface area contributed by atoms with E-state index in [1.54, 1.807) is 47.4 Å². The molecule has 3 aromatic rings. The van der Waals surface area contributed by atoms with E-state index in [0.717, 1.165) is 5.56 Å². The number of carbonyl (C=O) groups excluding carboxylic acids is 2. The molecule has 32 heavy (non-hydrogen) atoms. The number of nitrogens with one attached hydrogen (secondary N) is 1. The van der Waals surface area contributed by atoms with Gasteiger partial charge in [0.15, 0.2) is 0 Å². The number of hydrogen-bond acceptors (Lipinski definition) is 4. The number of hydrogen-bond donors (Lipinski definition) is 2. The number of rotatable bonds is 8. The van der Waals surface area contributed by atoms with Crippen molar-refractivity contribution in [1.82, 2.24) is 4.90 Å². The number of anilines is 1. The Morgan fingerprint density at radius 2 is 1.69 bits per heavy atom. The van der Waals surface area contributed by atoms with Crippen LogP contribution in [0, 0.1) is 17.1 Å². The van der Waals surface area contributed by atoms with Gasteiger partial charge in [-0.05, 0) is 79.2 Å². The van der Waals surface area contributed by atoms with Gasteiger partial charge in [-0.2, -0.15) is 5.26 Å². The summed E-state index contributed by atoms with van der Waals surface area (Å²) in [7, 11) is 0. The Bertz CT molecular complexity index is 1120. The van der Waals surface area contributed by atoms with Crippen LogP contribution < -0.4 is 11.1 Å². The van der Waals surface area contributed by atoms with Crippen molar-refractivity contribution in [1.29, 1.82) is 5.26 Å². The lowest BCUT2D eigenvalue weighted by Gasteiger charge is -2.23. The smallest absolute Gasteiger partial charge is 0.255 e. The van der Waals surface area contributed by atoms with Crippen LogP contribution in [-0.2, 0) is 6.54 Å². The van der Waals surface area contributed by atoms with E-state index in [0.29, 0.717) is 48.4 Å². The van der Waals surface area contributed by atoms with E-state index < -0.39 is 5.82 Å². The molecule has 0 aliphatic rings. The minimum Gasteiger partial charge on any atom is -0.334 e.